The van der Waals surface area contributed by atoms with Crippen molar-refractivity contribution >= 4 is 29.9 Å². The second-order valence-electron chi connectivity index (χ2n) is 6.52. The Hall–Kier alpha value is -1.98. The number of nitrogens with zero attached hydrogens (tertiary/aromatic N) is 1. The van der Waals surface area contributed by atoms with Crippen LogP contribution in [-0.4, -0.2) is 44.5 Å². The molecule has 3 N–H and O–H groups in total. The average molecular weight is 549 g/mol. The second-order valence-corrected chi connectivity index (χ2v) is 6.52. The van der Waals surface area contributed by atoms with Gasteiger partial charge in [0.05, 0.1) is 19.2 Å². The summed E-state index contributed by atoms with van der Waals surface area (Å²) in [5.41, 5.74) is 0.600. The van der Waals surface area contributed by atoms with E-state index < -0.39 is 17.7 Å². The van der Waals surface area contributed by atoms with E-state index >= 15 is 0 Å². The number of benzene rings is 2. The van der Waals surface area contributed by atoms with Crippen LogP contribution in [0, 0.1) is 11.6 Å². The Kier molecular flexibility index (Phi) is 13.0. The minimum atomic E-state index is -1.36. The zero-order valence-electron chi connectivity index (χ0n) is 17.7. The molecule has 0 fully saturated rings. The lowest BCUT2D eigenvalue weighted by molar-refractivity contribution is 0.145. The Balaban J connectivity index is 0.00000480. The molecule has 0 radical (unpaired) electrons. The molecule has 0 saturated heterocycles. The minimum absolute atomic E-state index is 0. The molecule has 2 aromatic rings. The summed E-state index contributed by atoms with van der Waals surface area (Å²) in [5, 5.41) is 16.3. The topological polar surface area (TPSA) is 75.1 Å². The summed E-state index contributed by atoms with van der Waals surface area (Å²) in [7, 11) is 1.60. The van der Waals surface area contributed by atoms with Crippen LogP contribution in [0.4, 0.5) is 8.78 Å². The molecule has 6 nitrogen and oxygen atoms in total. The van der Waals surface area contributed by atoms with Gasteiger partial charge < -0.3 is 25.2 Å². The number of aliphatic hydroxyl groups excluding tert-OH is 1. The molecule has 2 aromatic carbocycles. The first-order valence-corrected chi connectivity index (χ1v) is 9.90. The average Bonchev–Trinajstić information content (AvgIpc) is 2.75. The van der Waals surface area contributed by atoms with Gasteiger partial charge in [0.25, 0.3) is 0 Å². The fourth-order valence-corrected chi connectivity index (χ4v) is 2.73. The van der Waals surface area contributed by atoms with Gasteiger partial charge in [-0.15, -0.1) is 24.0 Å². The number of ether oxygens (including phenoxy) is 2. The molecule has 31 heavy (non-hydrogen) atoms. The van der Waals surface area contributed by atoms with E-state index in [0.29, 0.717) is 32.3 Å². The van der Waals surface area contributed by atoms with Gasteiger partial charge >= 0.3 is 0 Å². The Morgan fingerprint density at radius 1 is 1.10 bits per heavy atom. The van der Waals surface area contributed by atoms with Crippen LogP contribution in [0.1, 0.15) is 30.6 Å². The zero-order chi connectivity index (χ0) is 21.8. The summed E-state index contributed by atoms with van der Waals surface area (Å²) in [6, 6.07) is 11.0. The molecule has 0 aliphatic carbocycles. The molecule has 0 amide bonds. The molecule has 0 aliphatic heterocycles. The van der Waals surface area contributed by atoms with Crippen LogP contribution in [0.3, 0.4) is 0 Å². The maximum absolute atomic E-state index is 13.9. The van der Waals surface area contributed by atoms with Crippen molar-refractivity contribution in [3.05, 3.63) is 65.2 Å². The molecule has 0 aliphatic rings. The molecule has 9 heteroatoms. The monoisotopic (exact) mass is 549 g/mol. The number of nitrogens with one attached hydrogen (secondary N) is 2. The third-order valence-electron chi connectivity index (χ3n) is 4.34. The van der Waals surface area contributed by atoms with Crippen molar-refractivity contribution in [1.29, 1.82) is 0 Å². The fraction of sp³-hybridized carbons (Fsp3) is 0.409. The van der Waals surface area contributed by atoms with Crippen LogP contribution in [0.2, 0.25) is 0 Å². The van der Waals surface area contributed by atoms with Crippen molar-refractivity contribution in [1.82, 2.24) is 10.6 Å². The summed E-state index contributed by atoms with van der Waals surface area (Å²) >= 11 is 0. The molecular weight excluding hydrogens is 519 g/mol. The first-order chi connectivity index (χ1) is 14.5. The summed E-state index contributed by atoms with van der Waals surface area (Å²) in [5.74, 6) is -0.389. The molecule has 2 rings (SSSR count). The fourth-order valence-electron chi connectivity index (χ4n) is 2.73. The van der Waals surface area contributed by atoms with Gasteiger partial charge in [-0.1, -0.05) is 18.2 Å². The summed E-state index contributed by atoms with van der Waals surface area (Å²) in [6.45, 7) is 4.07. The molecule has 172 valence electrons. The number of aliphatic imine (C=N–C) groups is 1. The highest BCUT2D eigenvalue weighted by atomic mass is 127. The highest BCUT2D eigenvalue weighted by Gasteiger charge is 2.18. The van der Waals surface area contributed by atoms with E-state index in [9.17, 15) is 13.9 Å². The van der Waals surface area contributed by atoms with E-state index in [1.807, 2.05) is 31.2 Å². The molecular formula is C22H30F2IN3O3. The summed E-state index contributed by atoms with van der Waals surface area (Å²) in [4.78, 5) is 4.49. The maximum atomic E-state index is 13.9. The first-order valence-electron chi connectivity index (χ1n) is 9.90. The standard InChI is InChI=1S/C22H29F2N3O3.HI/c1-3-30-13-5-12-25-22(26-14-16-8-10-17(29-2)11-9-16)27-15-20(28)21-18(23)6-4-7-19(21)24;/h4,6-11,20,28H,3,5,12-15H2,1-2H3,(H2,25,26,27);1H. The van der Waals surface area contributed by atoms with Crippen molar-refractivity contribution < 1.29 is 23.4 Å². The van der Waals surface area contributed by atoms with Crippen molar-refractivity contribution in [3.8, 4) is 5.75 Å². The van der Waals surface area contributed by atoms with Gasteiger partial charge in [0, 0.05) is 26.3 Å². The number of halogens is 3. The van der Waals surface area contributed by atoms with Crippen molar-refractivity contribution in [3.63, 3.8) is 0 Å². The Morgan fingerprint density at radius 3 is 2.39 bits per heavy atom. The molecule has 0 heterocycles. The van der Waals surface area contributed by atoms with Crippen LogP contribution < -0.4 is 15.4 Å². The van der Waals surface area contributed by atoms with Crippen LogP contribution in [0.15, 0.2) is 47.5 Å². The molecule has 0 aromatic heterocycles. The number of hydrogen-bond donors (Lipinski definition) is 3. The van der Waals surface area contributed by atoms with E-state index in [4.69, 9.17) is 9.47 Å². The van der Waals surface area contributed by atoms with E-state index in [1.165, 1.54) is 6.07 Å². The van der Waals surface area contributed by atoms with Gasteiger partial charge in [-0.3, -0.25) is 0 Å². The van der Waals surface area contributed by atoms with Crippen molar-refractivity contribution in [2.45, 2.75) is 26.0 Å². The maximum Gasteiger partial charge on any atom is 0.191 e. The molecule has 0 spiro atoms. The highest BCUT2D eigenvalue weighted by Crippen LogP contribution is 2.20. The van der Waals surface area contributed by atoms with Gasteiger partial charge in [0.15, 0.2) is 5.96 Å². The first kappa shape index (κ1) is 27.1. The van der Waals surface area contributed by atoms with E-state index in [1.54, 1.807) is 7.11 Å². The number of methoxy groups -OCH3 is 1. The number of aliphatic hydroxyl groups is 1. The normalized spacial score (nSPS) is 12.1. The molecule has 0 bridgehead atoms. The van der Waals surface area contributed by atoms with Gasteiger partial charge in [-0.25, -0.2) is 13.8 Å². The summed E-state index contributed by atoms with van der Waals surface area (Å²) in [6.07, 6.45) is -0.593. The van der Waals surface area contributed by atoms with Crippen LogP contribution >= 0.6 is 24.0 Å². The van der Waals surface area contributed by atoms with Gasteiger partial charge in [0.2, 0.25) is 0 Å². The third-order valence-corrected chi connectivity index (χ3v) is 4.34. The van der Waals surface area contributed by atoms with Crippen LogP contribution in [0.5, 0.6) is 5.75 Å². The lowest BCUT2D eigenvalue weighted by Crippen LogP contribution is -2.40. The van der Waals surface area contributed by atoms with E-state index in [-0.39, 0.29) is 36.1 Å². The number of hydrogen-bond acceptors (Lipinski definition) is 4. The van der Waals surface area contributed by atoms with Gasteiger partial charge in [-0.2, -0.15) is 0 Å². The Labute approximate surface area is 199 Å². The summed E-state index contributed by atoms with van der Waals surface area (Å²) < 4.78 is 38.2. The van der Waals surface area contributed by atoms with Crippen molar-refractivity contribution in [2.75, 3.05) is 33.4 Å². The highest BCUT2D eigenvalue weighted by molar-refractivity contribution is 14.0. The van der Waals surface area contributed by atoms with Crippen LogP contribution in [0.25, 0.3) is 0 Å². The predicted molar refractivity (Wildman–Crippen MR) is 128 cm³/mol. The van der Waals surface area contributed by atoms with Gasteiger partial charge in [-0.05, 0) is 43.2 Å². The van der Waals surface area contributed by atoms with Gasteiger partial charge in [0.1, 0.15) is 23.5 Å². The lowest BCUT2D eigenvalue weighted by atomic mass is 10.1. The third kappa shape index (κ3) is 9.36. The number of guanidine groups is 1. The SMILES string of the molecule is CCOCCCNC(=NCc1ccc(OC)cc1)NCC(O)c1c(F)cccc1F.I. The molecule has 1 atom stereocenters. The molecule has 0 saturated carbocycles. The van der Waals surface area contributed by atoms with E-state index in [2.05, 4.69) is 15.6 Å². The number of rotatable bonds is 11. The quantitative estimate of drug-likeness (QED) is 0.172. The Bertz CT molecular complexity index is 787. The lowest BCUT2D eigenvalue weighted by Gasteiger charge is -2.17. The van der Waals surface area contributed by atoms with Crippen LogP contribution in [-0.2, 0) is 11.3 Å². The zero-order valence-corrected chi connectivity index (χ0v) is 20.1. The predicted octanol–water partition coefficient (Wildman–Crippen LogP) is 3.79. The Morgan fingerprint density at radius 2 is 1.77 bits per heavy atom. The van der Waals surface area contributed by atoms with E-state index in [0.717, 1.165) is 29.9 Å². The molecule has 1 unspecified atom stereocenters. The minimum Gasteiger partial charge on any atom is -0.497 e. The second kappa shape index (κ2) is 14.9. The smallest absolute Gasteiger partial charge is 0.191 e. The van der Waals surface area contributed by atoms with Crippen molar-refractivity contribution in [2.24, 2.45) is 4.99 Å². The largest absolute Gasteiger partial charge is 0.497 e.